The molecule has 6 heteroatoms. The molecule has 446 valence electrons. The van der Waals surface area contributed by atoms with E-state index in [1.165, 1.54) is 283 Å². The molecule has 0 saturated carbocycles. The van der Waals surface area contributed by atoms with Gasteiger partial charge >= 0.3 is 17.9 Å². The minimum Gasteiger partial charge on any atom is -0.462 e. The minimum atomic E-state index is -0.764. The van der Waals surface area contributed by atoms with Crippen molar-refractivity contribution >= 4 is 17.9 Å². The maximum Gasteiger partial charge on any atom is 0.306 e. The summed E-state index contributed by atoms with van der Waals surface area (Å²) < 4.78 is 17.0. The SMILES string of the molecule is CCCCCCCCCCCCCCCCCCCCC(=O)OC[C@@H](COC(=O)CCCCCCCCCCCCCCCCCCCCC(C)C)OC(=O)CCCCCCCCCCCCCCCCC(C)CC. The van der Waals surface area contributed by atoms with Crippen LogP contribution in [0.4, 0.5) is 0 Å². The molecule has 0 fully saturated rings. The molecule has 0 aliphatic heterocycles. The van der Waals surface area contributed by atoms with Gasteiger partial charge in [-0.25, -0.2) is 0 Å². The Morgan fingerprint density at radius 1 is 0.280 bits per heavy atom. The van der Waals surface area contributed by atoms with Crippen LogP contribution in [-0.4, -0.2) is 37.2 Å². The largest absolute Gasteiger partial charge is 0.462 e. The van der Waals surface area contributed by atoms with Crippen LogP contribution in [-0.2, 0) is 28.6 Å². The molecule has 0 aliphatic carbocycles. The van der Waals surface area contributed by atoms with Crippen LogP contribution in [0.1, 0.15) is 394 Å². The first-order valence-electron chi connectivity index (χ1n) is 34.3. The van der Waals surface area contributed by atoms with E-state index < -0.39 is 6.10 Å². The normalized spacial score (nSPS) is 12.4. The second-order valence-corrected chi connectivity index (χ2v) is 24.5. The molecule has 0 heterocycles. The van der Waals surface area contributed by atoms with Crippen LogP contribution in [0.5, 0.6) is 0 Å². The Bertz CT molecular complexity index is 1150. The van der Waals surface area contributed by atoms with Gasteiger partial charge < -0.3 is 14.2 Å². The van der Waals surface area contributed by atoms with Gasteiger partial charge in [0.1, 0.15) is 13.2 Å². The van der Waals surface area contributed by atoms with Gasteiger partial charge in [0.2, 0.25) is 0 Å². The van der Waals surface area contributed by atoms with Gasteiger partial charge in [0.25, 0.3) is 0 Å². The van der Waals surface area contributed by atoms with Gasteiger partial charge in [-0.3, -0.25) is 14.4 Å². The van der Waals surface area contributed by atoms with Crippen LogP contribution in [0.2, 0.25) is 0 Å². The van der Waals surface area contributed by atoms with E-state index >= 15 is 0 Å². The van der Waals surface area contributed by atoms with Crippen molar-refractivity contribution in [3.8, 4) is 0 Å². The molecule has 0 bridgehead atoms. The highest BCUT2D eigenvalue weighted by molar-refractivity contribution is 5.71. The fraction of sp³-hybridized carbons (Fsp3) is 0.957. The smallest absolute Gasteiger partial charge is 0.306 e. The predicted octanol–water partition coefficient (Wildman–Crippen LogP) is 23.2. The first-order chi connectivity index (χ1) is 36.8. The third-order valence-electron chi connectivity index (χ3n) is 16.3. The molecule has 0 amide bonds. The van der Waals surface area contributed by atoms with Crippen molar-refractivity contribution in [2.75, 3.05) is 13.2 Å². The molecule has 0 N–H and O–H groups in total. The lowest BCUT2D eigenvalue weighted by molar-refractivity contribution is -0.167. The van der Waals surface area contributed by atoms with Crippen LogP contribution in [0.3, 0.4) is 0 Å². The summed E-state index contributed by atoms with van der Waals surface area (Å²) in [5.41, 5.74) is 0. The van der Waals surface area contributed by atoms with Crippen molar-refractivity contribution in [1.82, 2.24) is 0 Å². The highest BCUT2D eigenvalue weighted by Gasteiger charge is 2.20. The Hall–Kier alpha value is -1.59. The average Bonchev–Trinajstić information content (AvgIpc) is 3.40. The maximum absolute atomic E-state index is 12.9. The standard InChI is InChI=1S/C69H134O6/c1-6-8-9-10-11-12-13-14-15-16-20-23-29-34-39-44-49-54-59-67(70)73-62-66(75-69(72)61-56-51-46-41-36-31-26-25-28-33-38-43-48-53-58-65(5)7-2)63-74-68(71)60-55-50-45-40-35-30-24-21-18-17-19-22-27-32-37-42-47-52-57-64(3)4/h64-66H,6-63H2,1-5H3/t65?,66-/m0/s1. The average molecular weight is 1060 g/mol. The van der Waals surface area contributed by atoms with Crippen molar-refractivity contribution < 1.29 is 28.6 Å². The van der Waals surface area contributed by atoms with Gasteiger partial charge in [-0.2, -0.15) is 0 Å². The Morgan fingerprint density at radius 2 is 0.507 bits per heavy atom. The molecule has 75 heavy (non-hydrogen) atoms. The summed E-state index contributed by atoms with van der Waals surface area (Å²) in [6, 6.07) is 0. The topological polar surface area (TPSA) is 78.9 Å². The van der Waals surface area contributed by atoms with Crippen molar-refractivity contribution in [1.29, 1.82) is 0 Å². The summed E-state index contributed by atoms with van der Waals surface area (Å²) in [5, 5.41) is 0. The third-order valence-corrected chi connectivity index (χ3v) is 16.3. The lowest BCUT2D eigenvalue weighted by Crippen LogP contribution is -2.30. The summed E-state index contributed by atoms with van der Waals surface area (Å²) in [6.45, 7) is 11.5. The van der Waals surface area contributed by atoms with Gasteiger partial charge in [0.15, 0.2) is 6.10 Å². The molecular weight excluding hydrogens is 925 g/mol. The molecular formula is C69H134O6. The summed E-state index contributed by atoms with van der Waals surface area (Å²) in [7, 11) is 0. The lowest BCUT2D eigenvalue weighted by Gasteiger charge is -2.18. The van der Waals surface area contributed by atoms with E-state index in [4.69, 9.17) is 14.2 Å². The monoisotopic (exact) mass is 1060 g/mol. The molecule has 0 aromatic rings. The number of unbranched alkanes of at least 4 members (excludes halogenated alkanes) is 47. The Morgan fingerprint density at radius 3 is 0.760 bits per heavy atom. The Labute approximate surface area is 469 Å². The van der Waals surface area contributed by atoms with E-state index in [1.807, 2.05) is 0 Å². The molecule has 0 rings (SSSR count). The summed E-state index contributed by atoms with van der Waals surface area (Å²) in [4.78, 5) is 38.4. The molecule has 0 aliphatic rings. The number of carbonyl (C=O) groups is 3. The van der Waals surface area contributed by atoms with Gasteiger partial charge in [-0.1, -0.05) is 356 Å². The van der Waals surface area contributed by atoms with Crippen LogP contribution in [0.15, 0.2) is 0 Å². The first kappa shape index (κ1) is 73.4. The van der Waals surface area contributed by atoms with Crippen LogP contribution >= 0.6 is 0 Å². The number of hydrogen-bond donors (Lipinski definition) is 0. The second-order valence-electron chi connectivity index (χ2n) is 24.5. The van der Waals surface area contributed by atoms with Crippen LogP contribution in [0.25, 0.3) is 0 Å². The maximum atomic E-state index is 12.9. The zero-order valence-corrected chi connectivity index (χ0v) is 51.7. The second kappa shape index (κ2) is 61.6. The van der Waals surface area contributed by atoms with Crippen LogP contribution < -0.4 is 0 Å². The number of rotatable bonds is 63. The van der Waals surface area contributed by atoms with Crippen molar-refractivity contribution in [2.24, 2.45) is 11.8 Å². The van der Waals surface area contributed by atoms with Gasteiger partial charge in [0.05, 0.1) is 0 Å². The number of esters is 3. The zero-order chi connectivity index (χ0) is 54.6. The van der Waals surface area contributed by atoms with E-state index in [0.29, 0.717) is 19.3 Å². The third kappa shape index (κ3) is 61.5. The Kier molecular flexibility index (Phi) is 60.3. The quantitative estimate of drug-likeness (QED) is 0.0343. The number of ether oxygens (including phenoxy) is 3. The fourth-order valence-corrected chi connectivity index (χ4v) is 10.8. The van der Waals surface area contributed by atoms with Crippen LogP contribution in [0, 0.1) is 11.8 Å². The molecule has 0 aromatic carbocycles. The first-order valence-corrected chi connectivity index (χ1v) is 34.3. The summed E-state index contributed by atoms with van der Waals surface area (Å²) >= 11 is 0. The summed E-state index contributed by atoms with van der Waals surface area (Å²) in [6.07, 6.45) is 69.6. The molecule has 2 atom stereocenters. The fourth-order valence-electron chi connectivity index (χ4n) is 10.8. The van der Waals surface area contributed by atoms with E-state index in [1.54, 1.807) is 0 Å². The lowest BCUT2D eigenvalue weighted by atomic mass is 9.99. The van der Waals surface area contributed by atoms with Crippen molar-refractivity contribution in [2.45, 2.75) is 400 Å². The van der Waals surface area contributed by atoms with Crippen molar-refractivity contribution in [3.05, 3.63) is 0 Å². The van der Waals surface area contributed by atoms with E-state index in [0.717, 1.165) is 69.6 Å². The number of hydrogen-bond acceptors (Lipinski definition) is 6. The van der Waals surface area contributed by atoms with Gasteiger partial charge in [0, 0.05) is 19.3 Å². The van der Waals surface area contributed by atoms with E-state index in [9.17, 15) is 14.4 Å². The van der Waals surface area contributed by atoms with E-state index in [-0.39, 0.29) is 31.1 Å². The molecule has 0 spiro atoms. The van der Waals surface area contributed by atoms with Gasteiger partial charge in [-0.05, 0) is 31.1 Å². The molecule has 6 nitrogen and oxygen atoms in total. The summed E-state index contributed by atoms with van der Waals surface area (Å²) in [5.74, 6) is 0.928. The molecule has 0 radical (unpaired) electrons. The zero-order valence-electron chi connectivity index (χ0n) is 51.7. The number of carbonyl (C=O) groups excluding carboxylic acids is 3. The molecule has 0 saturated heterocycles. The Balaban J connectivity index is 4.28. The van der Waals surface area contributed by atoms with E-state index in [2.05, 4.69) is 34.6 Å². The molecule has 1 unspecified atom stereocenters. The highest BCUT2D eigenvalue weighted by atomic mass is 16.6. The van der Waals surface area contributed by atoms with Gasteiger partial charge in [-0.15, -0.1) is 0 Å². The molecule has 0 aromatic heterocycles. The highest BCUT2D eigenvalue weighted by Crippen LogP contribution is 2.20. The van der Waals surface area contributed by atoms with Crippen molar-refractivity contribution in [3.63, 3.8) is 0 Å². The predicted molar refractivity (Wildman–Crippen MR) is 326 cm³/mol. The minimum absolute atomic E-state index is 0.0614.